The van der Waals surface area contributed by atoms with Gasteiger partial charge in [0.1, 0.15) is 6.61 Å². The van der Waals surface area contributed by atoms with Crippen molar-refractivity contribution in [2.45, 2.75) is 85.9 Å². The summed E-state index contributed by atoms with van der Waals surface area (Å²) in [5.41, 5.74) is 6.02. The average molecular weight is 689 g/mol. The standard InChI is InChI=1S/C40H56N4O6/c1-39(2,3)32(24-37(48)50-7)38(49)43-44(25-29-16-18-30(19-17-29)33-15-11-12-22-41-33)26-34(46)31(23-28-13-9-8-10-14-28)20-21-35(40(4,5)6)42-36(47)27-45/h8-19,22,31-32,34-35,45-46H,20-21,23-27H2,1-7H3,(H,42,47)(H,43,49)/t31-,32+,34-,35+/m0/s1. The molecule has 1 heterocycles. The molecule has 3 rings (SSSR count). The first kappa shape index (κ1) is 40.3. The van der Waals surface area contributed by atoms with Crippen molar-refractivity contribution in [3.05, 3.63) is 90.1 Å². The second-order valence-electron chi connectivity index (χ2n) is 15.2. The molecule has 2 aromatic carbocycles. The number of methoxy groups -OCH3 is 1. The minimum atomic E-state index is -0.869. The van der Waals surface area contributed by atoms with E-state index in [9.17, 15) is 24.6 Å². The number of amides is 2. The summed E-state index contributed by atoms with van der Waals surface area (Å²) in [4.78, 5) is 42.8. The SMILES string of the molecule is COC(=O)C[C@H](C(=O)NN(Cc1ccc(-c2ccccn2)cc1)C[C@H](O)[C@@H](CC[C@@H](NC(=O)CO)C(C)(C)C)Cc1ccccc1)C(C)(C)C. The molecule has 3 aromatic rings. The van der Waals surface area contributed by atoms with Crippen LogP contribution in [0.25, 0.3) is 11.3 Å². The molecule has 0 spiro atoms. The van der Waals surface area contributed by atoms with Crippen LogP contribution in [0.4, 0.5) is 0 Å². The van der Waals surface area contributed by atoms with Crippen molar-refractivity contribution in [3.63, 3.8) is 0 Å². The minimum Gasteiger partial charge on any atom is -0.469 e. The Kier molecular flexibility index (Phi) is 15.1. The molecule has 2 amide bonds. The Balaban J connectivity index is 1.91. The maximum atomic E-state index is 13.9. The summed E-state index contributed by atoms with van der Waals surface area (Å²) >= 11 is 0. The highest BCUT2D eigenvalue weighted by Crippen LogP contribution is 2.30. The number of aromatic nitrogens is 1. The molecular weight excluding hydrogens is 632 g/mol. The predicted octanol–water partition coefficient (Wildman–Crippen LogP) is 5.33. The normalized spacial score (nSPS) is 14.4. The van der Waals surface area contributed by atoms with Gasteiger partial charge in [-0.05, 0) is 59.3 Å². The van der Waals surface area contributed by atoms with E-state index in [4.69, 9.17) is 4.74 Å². The van der Waals surface area contributed by atoms with Crippen LogP contribution in [-0.2, 0) is 32.1 Å². The van der Waals surface area contributed by atoms with Crippen LogP contribution in [0, 0.1) is 22.7 Å². The first-order valence-electron chi connectivity index (χ1n) is 17.4. The monoisotopic (exact) mass is 688 g/mol. The lowest BCUT2D eigenvalue weighted by Crippen LogP contribution is -2.51. The summed E-state index contributed by atoms with van der Waals surface area (Å²) in [5.74, 6) is -2.15. The Morgan fingerprint density at radius 3 is 2.08 bits per heavy atom. The van der Waals surface area contributed by atoms with Crippen LogP contribution < -0.4 is 10.7 Å². The van der Waals surface area contributed by atoms with E-state index in [1.54, 1.807) is 11.2 Å². The highest BCUT2D eigenvalue weighted by Gasteiger charge is 2.35. The second kappa shape index (κ2) is 18.8. The molecule has 0 saturated carbocycles. The minimum absolute atomic E-state index is 0.0780. The van der Waals surface area contributed by atoms with E-state index < -0.39 is 35.9 Å². The van der Waals surface area contributed by atoms with Gasteiger partial charge in [-0.1, -0.05) is 102 Å². The number of esters is 1. The lowest BCUT2D eigenvalue weighted by Gasteiger charge is -2.35. The number of benzene rings is 2. The number of pyridine rings is 1. The van der Waals surface area contributed by atoms with Crippen LogP contribution >= 0.6 is 0 Å². The van der Waals surface area contributed by atoms with E-state index in [2.05, 4.69) is 15.7 Å². The number of hydrazine groups is 1. The summed E-state index contributed by atoms with van der Waals surface area (Å²) in [6, 6.07) is 23.4. The van der Waals surface area contributed by atoms with Crippen LogP contribution in [0.2, 0.25) is 0 Å². The van der Waals surface area contributed by atoms with Crippen LogP contribution in [0.1, 0.15) is 71.9 Å². The van der Waals surface area contributed by atoms with Crippen molar-refractivity contribution in [1.82, 2.24) is 20.7 Å². The van der Waals surface area contributed by atoms with Gasteiger partial charge >= 0.3 is 5.97 Å². The van der Waals surface area contributed by atoms with E-state index in [0.29, 0.717) is 25.8 Å². The molecule has 1 aromatic heterocycles. The van der Waals surface area contributed by atoms with Crippen LogP contribution in [0.3, 0.4) is 0 Å². The highest BCUT2D eigenvalue weighted by atomic mass is 16.5. The van der Waals surface area contributed by atoms with Gasteiger partial charge in [0, 0.05) is 30.9 Å². The van der Waals surface area contributed by atoms with Gasteiger partial charge in [-0.3, -0.25) is 24.8 Å². The third-order valence-corrected chi connectivity index (χ3v) is 9.16. The molecule has 0 aliphatic carbocycles. The van der Waals surface area contributed by atoms with Gasteiger partial charge in [-0.15, -0.1) is 0 Å². The number of carbonyl (C=O) groups is 3. The van der Waals surface area contributed by atoms with E-state index in [-0.39, 0.29) is 36.2 Å². The Morgan fingerprint density at radius 1 is 0.860 bits per heavy atom. The van der Waals surface area contributed by atoms with Crippen molar-refractivity contribution in [2.75, 3.05) is 20.3 Å². The largest absolute Gasteiger partial charge is 0.469 e. The van der Waals surface area contributed by atoms with E-state index >= 15 is 0 Å². The van der Waals surface area contributed by atoms with Crippen molar-refractivity contribution in [1.29, 1.82) is 0 Å². The van der Waals surface area contributed by atoms with E-state index in [0.717, 1.165) is 22.4 Å². The average Bonchev–Trinajstić information content (AvgIpc) is 3.08. The number of ether oxygens (including phenoxy) is 1. The number of aliphatic hydroxyl groups is 2. The quantitative estimate of drug-likeness (QED) is 0.110. The Morgan fingerprint density at radius 2 is 1.52 bits per heavy atom. The number of carbonyl (C=O) groups excluding carboxylic acids is 3. The summed E-state index contributed by atoms with van der Waals surface area (Å²) in [7, 11) is 1.31. The van der Waals surface area contributed by atoms with Crippen LogP contribution in [0.15, 0.2) is 79.0 Å². The molecule has 50 heavy (non-hydrogen) atoms. The van der Waals surface area contributed by atoms with Crippen molar-refractivity contribution in [2.24, 2.45) is 22.7 Å². The summed E-state index contributed by atoms with van der Waals surface area (Å²) < 4.78 is 4.91. The first-order chi connectivity index (χ1) is 23.6. The lowest BCUT2D eigenvalue weighted by atomic mass is 9.78. The van der Waals surface area contributed by atoms with Crippen LogP contribution in [-0.4, -0.2) is 70.4 Å². The van der Waals surface area contributed by atoms with Gasteiger partial charge in [0.05, 0.1) is 31.2 Å². The number of hydrogen-bond donors (Lipinski definition) is 4. The molecule has 0 radical (unpaired) electrons. The lowest BCUT2D eigenvalue weighted by molar-refractivity contribution is -0.148. The van der Waals surface area contributed by atoms with Crippen molar-refractivity contribution >= 4 is 17.8 Å². The maximum absolute atomic E-state index is 13.9. The molecule has 10 nitrogen and oxygen atoms in total. The van der Waals surface area contributed by atoms with Crippen molar-refractivity contribution < 1.29 is 29.3 Å². The zero-order valence-electron chi connectivity index (χ0n) is 30.7. The molecule has 0 saturated heterocycles. The molecule has 4 N–H and O–H groups in total. The fourth-order valence-corrected chi connectivity index (χ4v) is 6.03. The fraction of sp³-hybridized carbons (Fsp3) is 0.500. The molecule has 4 atom stereocenters. The Bertz CT molecular complexity index is 1490. The summed E-state index contributed by atoms with van der Waals surface area (Å²) in [6.07, 6.45) is 2.54. The van der Waals surface area contributed by atoms with Gasteiger partial charge in [0.25, 0.3) is 0 Å². The summed E-state index contributed by atoms with van der Waals surface area (Å²) in [6.45, 7) is 11.7. The zero-order chi connectivity index (χ0) is 36.9. The third kappa shape index (κ3) is 13.0. The molecular formula is C40H56N4O6. The molecule has 0 aliphatic heterocycles. The van der Waals surface area contributed by atoms with Crippen LogP contribution in [0.5, 0.6) is 0 Å². The zero-order valence-corrected chi connectivity index (χ0v) is 30.7. The third-order valence-electron chi connectivity index (χ3n) is 9.16. The van der Waals surface area contributed by atoms with Crippen molar-refractivity contribution in [3.8, 4) is 11.3 Å². The molecule has 0 unspecified atom stereocenters. The number of aliphatic hydroxyl groups excluding tert-OH is 2. The molecule has 0 bridgehead atoms. The molecule has 10 heteroatoms. The predicted molar refractivity (Wildman–Crippen MR) is 195 cm³/mol. The van der Waals surface area contributed by atoms with Gasteiger partial charge in [0.2, 0.25) is 11.8 Å². The number of nitrogens with zero attached hydrogens (tertiary/aromatic N) is 2. The Hall–Kier alpha value is -4.12. The topological polar surface area (TPSA) is 141 Å². The van der Waals surface area contributed by atoms with E-state index in [1.807, 2.05) is 114 Å². The summed E-state index contributed by atoms with van der Waals surface area (Å²) in [5, 5.41) is 26.0. The maximum Gasteiger partial charge on any atom is 0.306 e. The Labute approximate surface area is 297 Å². The number of rotatable bonds is 17. The van der Waals surface area contributed by atoms with Gasteiger partial charge in [0.15, 0.2) is 0 Å². The molecule has 0 aliphatic rings. The first-order valence-corrected chi connectivity index (χ1v) is 17.4. The smallest absolute Gasteiger partial charge is 0.306 e. The number of hydrogen-bond acceptors (Lipinski definition) is 8. The highest BCUT2D eigenvalue weighted by molar-refractivity contribution is 5.84. The van der Waals surface area contributed by atoms with E-state index in [1.165, 1.54) is 7.11 Å². The second-order valence-corrected chi connectivity index (χ2v) is 15.2. The number of nitrogens with one attached hydrogen (secondary N) is 2. The fourth-order valence-electron chi connectivity index (χ4n) is 6.03. The van der Waals surface area contributed by atoms with Gasteiger partial charge < -0.3 is 20.3 Å². The van der Waals surface area contributed by atoms with Gasteiger partial charge in [-0.2, -0.15) is 0 Å². The van der Waals surface area contributed by atoms with Gasteiger partial charge in [-0.25, -0.2) is 5.01 Å². The molecule has 272 valence electrons. The molecule has 0 fully saturated rings.